The second kappa shape index (κ2) is 9.26. The highest BCUT2D eigenvalue weighted by Crippen LogP contribution is 2.28. The minimum Gasteiger partial charge on any atom is -0.493 e. The van der Waals surface area contributed by atoms with Crippen LogP contribution >= 0.6 is 0 Å². The number of carbonyl (C=O) groups excluding carboxylic acids is 1. The van der Waals surface area contributed by atoms with Crippen LogP contribution < -0.4 is 14.8 Å². The molecule has 0 bridgehead atoms. The topological polar surface area (TPSA) is 84.9 Å². The number of hydrogen-bond acceptors (Lipinski definition) is 4. The monoisotopic (exact) mass is 385 g/mol. The Kier molecular flexibility index (Phi) is 7.04. The van der Waals surface area contributed by atoms with Crippen molar-refractivity contribution in [1.82, 2.24) is 5.32 Å². The van der Waals surface area contributed by atoms with Crippen molar-refractivity contribution in [2.75, 3.05) is 20.8 Å². The summed E-state index contributed by atoms with van der Waals surface area (Å²) in [5.41, 5.74) is 0.389. The van der Waals surface area contributed by atoms with Gasteiger partial charge in [-0.2, -0.15) is 0 Å². The van der Waals surface area contributed by atoms with Crippen LogP contribution in [0.4, 0.5) is 0 Å². The van der Waals surface area contributed by atoms with Crippen LogP contribution in [0.1, 0.15) is 25.0 Å². The number of ether oxygens (including phenoxy) is 2. The lowest BCUT2D eigenvalue weighted by Gasteiger charge is -2.26. The number of carboxylic acid groups (broad SMARTS) is 1. The molecule has 28 heavy (non-hydrogen) atoms. The maximum Gasteiger partial charge on any atom is 0.315 e. The normalized spacial score (nSPS) is 13.9. The molecule has 0 saturated heterocycles. The summed E-state index contributed by atoms with van der Waals surface area (Å²) in [7, 11) is 3.13. The van der Waals surface area contributed by atoms with E-state index in [2.05, 4.69) is 5.32 Å². The molecule has 0 saturated carbocycles. The summed E-state index contributed by atoms with van der Waals surface area (Å²) in [6, 6.07) is 14.5. The van der Waals surface area contributed by atoms with Gasteiger partial charge in [-0.3, -0.25) is 9.59 Å². The molecule has 0 aliphatic heterocycles. The molecule has 0 aliphatic carbocycles. The van der Waals surface area contributed by atoms with Crippen molar-refractivity contribution in [1.29, 1.82) is 0 Å². The lowest BCUT2D eigenvalue weighted by atomic mass is 9.82. The molecule has 150 valence electrons. The summed E-state index contributed by atoms with van der Waals surface area (Å²) in [6.45, 7) is 3.44. The number of nitrogens with one attached hydrogen (secondary N) is 1. The molecule has 2 atom stereocenters. The van der Waals surface area contributed by atoms with E-state index < -0.39 is 11.4 Å². The van der Waals surface area contributed by atoms with Gasteiger partial charge in [-0.05, 0) is 36.6 Å². The quantitative estimate of drug-likeness (QED) is 0.693. The fourth-order valence-corrected chi connectivity index (χ4v) is 3.00. The zero-order chi connectivity index (χ0) is 20.7. The number of hydrogen-bond donors (Lipinski definition) is 2. The molecule has 0 aromatic heterocycles. The van der Waals surface area contributed by atoms with E-state index in [1.807, 2.05) is 25.1 Å². The molecule has 1 amide bonds. The molecule has 0 heterocycles. The third-order valence-corrected chi connectivity index (χ3v) is 4.94. The fourth-order valence-electron chi connectivity index (χ4n) is 3.00. The second-order valence-corrected chi connectivity index (χ2v) is 7.02. The van der Waals surface area contributed by atoms with E-state index in [0.717, 1.165) is 5.56 Å². The molecule has 2 rings (SSSR count). The Balaban J connectivity index is 2.04. The van der Waals surface area contributed by atoms with Crippen molar-refractivity contribution in [2.24, 2.45) is 5.92 Å². The lowest BCUT2D eigenvalue weighted by molar-refractivity contribution is -0.143. The van der Waals surface area contributed by atoms with Crippen molar-refractivity contribution in [3.63, 3.8) is 0 Å². The number of carbonyl (C=O) groups is 2. The third-order valence-electron chi connectivity index (χ3n) is 4.94. The Labute approximate surface area is 165 Å². The number of methoxy groups -OCH3 is 2. The van der Waals surface area contributed by atoms with Gasteiger partial charge < -0.3 is 19.9 Å². The molecule has 2 aromatic rings. The predicted octanol–water partition coefficient (Wildman–Crippen LogP) is 3.04. The van der Waals surface area contributed by atoms with E-state index in [0.29, 0.717) is 23.5 Å². The van der Waals surface area contributed by atoms with Crippen molar-refractivity contribution >= 4 is 11.9 Å². The van der Waals surface area contributed by atoms with E-state index in [-0.39, 0.29) is 18.4 Å². The zero-order valence-electron chi connectivity index (χ0n) is 16.7. The fraction of sp³-hybridized carbons (Fsp3) is 0.364. The number of aliphatic carboxylic acids is 1. The number of carboxylic acids is 1. The Morgan fingerprint density at radius 1 is 1.07 bits per heavy atom. The van der Waals surface area contributed by atoms with E-state index in [1.54, 1.807) is 51.5 Å². The van der Waals surface area contributed by atoms with Gasteiger partial charge in [-0.1, -0.05) is 43.3 Å². The first-order valence-electron chi connectivity index (χ1n) is 9.09. The minimum absolute atomic E-state index is 0.0153. The maximum atomic E-state index is 12.6. The molecular formula is C22H27NO5. The Morgan fingerprint density at radius 2 is 1.71 bits per heavy atom. The SMILES string of the molecule is COc1ccc(CC(C)C(=O)NCC(C)(C(=O)O)c2ccccc2)cc1OC. The average Bonchev–Trinajstić information content (AvgIpc) is 2.71. The van der Waals surface area contributed by atoms with Gasteiger partial charge in [0.05, 0.1) is 14.2 Å². The first-order valence-corrected chi connectivity index (χ1v) is 9.09. The minimum atomic E-state index is -1.19. The molecule has 2 aromatic carbocycles. The molecule has 6 heteroatoms. The summed E-state index contributed by atoms with van der Waals surface area (Å²) in [4.78, 5) is 24.4. The molecule has 2 N–H and O–H groups in total. The Bertz CT molecular complexity index is 821. The number of amides is 1. The van der Waals surface area contributed by atoms with Gasteiger partial charge in [-0.15, -0.1) is 0 Å². The lowest BCUT2D eigenvalue weighted by Crippen LogP contribution is -2.45. The van der Waals surface area contributed by atoms with Crippen LogP contribution in [-0.4, -0.2) is 37.7 Å². The highest BCUT2D eigenvalue weighted by atomic mass is 16.5. The molecule has 6 nitrogen and oxygen atoms in total. The summed E-state index contributed by atoms with van der Waals surface area (Å²) in [5, 5.41) is 12.5. The summed E-state index contributed by atoms with van der Waals surface area (Å²) in [6.07, 6.45) is 0.501. The summed E-state index contributed by atoms with van der Waals surface area (Å²) < 4.78 is 10.5. The van der Waals surface area contributed by atoms with Gasteiger partial charge in [0.25, 0.3) is 0 Å². The smallest absolute Gasteiger partial charge is 0.315 e. The van der Waals surface area contributed by atoms with Gasteiger partial charge in [0.2, 0.25) is 5.91 Å². The van der Waals surface area contributed by atoms with Crippen LogP contribution in [0.2, 0.25) is 0 Å². The van der Waals surface area contributed by atoms with E-state index in [1.165, 1.54) is 0 Å². The number of rotatable bonds is 9. The zero-order valence-corrected chi connectivity index (χ0v) is 16.7. The molecule has 0 radical (unpaired) electrons. The standard InChI is InChI=1S/C22H27NO5/c1-15(12-16-10-11-18(27-3)19(13-16)28-4)20(24)23-14-22(2,21(25)26)17-8-6-5-7-9-17/h5-11,13,15H,12,14H2,1-4H3,(H,23,24)(H,25,26). The Hall–Kier alpha value is -3.02. The molecular weight excluding hydrogens is 358 g/mol. The van der Waals surface area contributed by atoms with Gasteiger partial charge in [0.1, 0.15) is 5.41 Å². The van der Waals surface area contributed by atoms with Crippen molar-refractivity contribution in [3.05, 3.63) is 59.7 Å². The van der Waals surface area contributed by atoms with E-state index in [4.69, 9.17) is 9.47 Å². The highest BCUT2D eigenvalue weighted by Gasteiger charge is 2.35. The largest absolute Gasteiger partial charge is 0.493 e. The average molecular weight is 385 g/mol. The third kappa shape index (κ3) is 4.82. The first-order chi connectivity index (χ1) is 13.3. The molecule has 0 aliphatic rings. The van der Waals surface area contributed by atoms with Crippen LogP contribution in [0.15, 0.2) is 48.5 Å². The van der Waals surface area contributed by atoms with E-state index in [9.17, 15) is 14.7 Å². The molecule has 0 fully saturated rings. The van der Waals surface area contributed by atoms with Crippen molar-refractivity contribution < 1.29 is 24.2 Å². The van der Waals surface area contributed by atoms with Gasteiger partial charge in [0, 0.05) is 12.5 Å². The van der Waals surface area contributed by atoms with E-state index >= 15 is 0 Å². The molecule has 2 unspecified atom stereocenters. The van der Waals surface area contributed by atoms with Crippen molar-refractivity contribution in [3.8, 4) is 11.5 Å². The first kappa shape index (κ1) is 21.3. The Morgan fingerprint density at radius 3 is 2.29 bits per heavy atom. The predicted molar refractivity (Wildman–Crippen MR) is 107 cm³/mol. The van der Waals surface area contributed by atoms with Crippen molar-refractivity contribution in [2.45, 2.75) is 25.7 Å². The van der Waals surface area contributed by atoms with Gasteiger partial charge in [-0.25, -0.2) is 0 Å². The molecule has 0 spiro atoms. The van der Waals surface area contributed by atoms with Gasteiger partial charge in [0.15, 0.2) is 11.5 Å². The number of benzene rings is 2. The van der Waals surface area contributed by atoms with Gasteiger partial charge >= 0.3 is 5.97 Å². The highest BCUT2D eigenvalue weighted by molar-refractivity contribution is 5.84. The van der Waals surface area contributed by atoms with Crippen LogP contribution in [0.5, 0.6) is 11.5 Å². The van der Waals surface area contributed by atoms with Crippen LogP contribution in [0.3, 0.4) is 0 Å². The van der Waals surface area contributed by atoms with Crippen LogP contribution in [0, 0.1) is 5.92 Å². The summed E-state index contributed by atoms with van der Waals surface area (Å²) >= 11 is 0. The maximum absolute atomic E-state index is 12.6. The van der Waals surface area contributed by atoms with Crippen LogP contribution in [-0.2, 0) is 21.4 Å². The summed E-state index contributed by atoms with van der Waals surface area (Å²) in [5.74, 6) is -0.268. The second-order valence-electron chi connectivity index (χ2n) is 7.02. The van der Waals surface area contributed by atoms with Crippen LogP contribution in [0.25, 0.3) is 0 Å².